The number of carbonyl (C=O) groups excluding carboxylic acids is 1. The average Bonchev–Trinajstić information content (AvgIpc) is 3.25. The molecule has 1 aromatic carbocycles. The highest BCUT2D eigenvalue weighted by atomic mass is 32.1. The van der Waals surface area contributed by atoms with Gasteiger partial charge in [0.15, 0.2) is 0 Å². The van der Waals surface area contributed by atoms with Gasteiger partial charge in [0.25, 0.3) is 5.91 Å². The smallest absolute Gasteiger partial charge is 0.252 e. The van der Waals surface area contributed by atoms with Crippen LogP contribution in [0.1, 0.15) is 22.0 Å². The monoisotopic (exact) mass is 313 g/mol. The summed E-state index contributed by atoms with van der Waals surface area (Å²) in [6, 6.07) is 12.9. The lowest BCUT2D eigenvalue weighted by Gasteiger charge is -2.12. The molecule has 0 unspecified atom stereocenters. The van der Waals surface area contributed by atoms with E-state index in [0.717, 1.165) is 16.9 Å². The fourth-order valence-electron chi connectivity index (χ4n) is 2.12. The fraction of sp³-hybridized carbons (Fsp3) is 0.118. The lowest BCUT2D eigenvalue weighted by atomic mass is 10.1. The summed E-state index contributed by atoms with van der Waals surface area (Å²) in [5.74, 6) is 0.610. The summed E-state index contributed by atoms with van der Waals surface area (Å²) < 4.78 is 5.32. The number of nitrogens with one attached hydrogen (secondary N) is 1. The third-order valence-electron chi connectivity index (χ3n) is 3.34. The van der Waals surface area contributed by atoms with Gasteiger partial charge >= 0.3 is 0 Å². The van der Waals surface area contributed by atoms with Crippen LogP contribution in [0.5, 0.6) is 0 Å². The maximum atomic E-state index is 11.8. The summed E-state index contributed by atoms with van der Waals surface area (Å²) in [6.45, 7) is 0.175. The number of aliphatic hydroxyl groups excluding tert-OH is 1. The van der Waals surface area contributed by atoms with Gasteiger partial charge in [-0.2, -0.15) is 11.3 Å². The molecule has 112 valence electrons. The van der Waals surface area contributed by atoms with Gasteiger partial charge in [0.05, 0.1) is 12.4 Å². The number of furan rings is 1. The van der Waals surface area contributed by atoms with Crippen LogP contribution in [-0.4, -0.2) is 17.6 Å². The van der Waals surface area contributed by atoms with Crippen LogP contribution in [0.15, 0.2) is 63.9 Å². The van der Waals surface area contributed by atoms with Crippen molar-refractivity contribution in [1.82, 2.24) is 5.32 Å². The Bertz CT molecular complexity index is 718. The molecule has 0 aliphatic heterocycles. The summed E-state index contributed by atoms with van der Waals surface area (Å²) in [5, 5.41) is 16.5. The molecule has 0 bridgehead atoms. The molecule has 22 heavy (non-hydrogen) atoms. The predicted molar refractivity (Wildman–Crippen MR) is 85.8 cm³/mol. The van der Waals surface area contributed by atoms with Crippen molar-refractivity contribution in [3.63, 3.8) is 0 Å². The van der Waals surface area contributed by atoms with E-state index in [2.05, 4.69) is 5.32 Å². The first kappa shape index (κ1) is 14.6. The van der Waals surface area contributed by atoms with Crippen LogP contribution < -0.4 is 5.32 Å². The minimum Gasteiger partial charge on any atom is -0.464 e. The molecular formula is C17H15NO3S. The predicted octanol–water partition coefficient (Wildman–Crippen LogP) is 3.47. The van der Waals surface area contributed by atoms with E-state index in [-0.39, 0.29) is 12.5 Å². The van der Waals surface area contributed by atoms with Gasteiger partial charge in [-0.15, -0.1) is 0 Å². The SMILES string of the molecule is O=C(NC[C@H](O)c1ccc(-c2ccco2)cc1)c1ccsc1. The number of rotatable bonds is 5. The Labute approximate surface area is 132 Å². The molecule has 2 heterocycles. The molecule has 0 radical (unpaired) electrons. The van der Waals surface area contributed by atoms with Crippen molar-refractivity contribution >= 4 is 17.2 Å². The van der Waals surface area contributed by atoms with E-state index in [1.807, 2.05) is 41.8 Å². The van der Waals surface area contributed by atoms with E-state index in [0.29, 0.717) is 5.56 Å². The summed E-state index contributed by atoms with van der Waals surface area (Å²) >= 11 is 1.47. The molecule has 0 saturated carbocycles. The first-order valence-corrected chi connectivity index (χ1v) is 7.80. The van der Waals surface area contributed by atoms with Gasteiger partial charge in [0.2, 0.25) is 0 Å². The minimum atomic E-state index is -0.742. The molecule has 2 aromatic heterocycles. The number of hydrogen-bond donors (Lipinski definition) is 2. The highest BCUT2D eigenvalue weighted by molar-refractivity contribution is 7.08. The number of benzene rings is 1. The summed E-state index contributed by atoms with van der Waals surface area (Å²) in [7, 11) is 0. The number of hydrogen-bond acceptors (Lipinski definition) is 4. The van der Waals surface area contributed by atoms with Crippen molar-refractivity contribution < 1.29 is 14.3 Å². The Morgan fingerprint density at radius 2 is 2.05 bits per heavy atom. The van der Waals surface area contributed by atoms with Crippen molar-refractivity contribution in [2.45, 2.75) is 6.10 Å². The first-order chi connectivity index (χ1) is 10.7. The van der Waals surface area contributed by atoms with Gasteiger partial charge in [-0.1, -0.05) is 24.3 Å². The highest BCUT2D eigenvalue weighted by Gasteiger charge is 2.11. The highest BCUT2D eigenvalue weighted by Crippen LogP contribution is 2.22. The molecule has 3 rings (SSSR count). The van der Waals surface area contributed by atoms with Gasteiger partial charge in [-0.05, 0) is 29.1 Å². The second kappa shape index (κ2) is 6.60. The molecule has 1 amide bonds. The van der Waals surface area contributed by atoms with Crippen molar-refractivity contribution in [3.05, 3.63) is 70.6 Å². The quantitative estimate of drug-likeness (QED) is 0.758. The number of thiophene rings is 1. The maximum absolute atomic E-state index is 11.8. The van der Waals surface area contributed by atoms with E-state index in [1.165, 1.54) is 11.3 Å². The zero-order valence-electron chi connectivity index (χ0n) is 11.7. The van der Waals surface area contributed by atoms with Crippen LogP contribution in [0, 0.1) is 0 Å². The van der Waals surface area contributed by atoms with Crippen molar-refractivity contribution in [1.29, 1.82) is 0 Å². The number of carbonyl (C=O) groups is 1. The summed E-state index contributed by atoms with van der Waals surface area (Å²) in [4.78, 5) is 11.8. The van der Waals surface area contributed by atoms with Crippen LogP contribution in [0.2, 0.25) is 0 Å². The van der Waals surface area contributed by atoms with Crippen LogP contribution in [0.4, 0.5) is 0 Å². The molecule has 0 spiro atoms. The maximum Gasteiger partial charge on any atom is 0.252 e. The Hall–Kier alpha value is -2.37. The van der Waals surface area contributed by atoms with E-state index >= 15 is 0 Å². The standard InChI is InChI=1S/C17H15NO3S/c19-15(10-18-17(20)14-7-9-22-11-14)12-3-5-13(6-4-12)16-2-1-8-21-16/h1-9,11,15,19H,10H2,(H,18,20)/t15-/m0/s1. The van der Waals surface area contributed by atoms with Crippen LogP contribution in [0.3, 0.4) is 0 Å². The van der Waals surface area contributed by atoms with E-state index in [9.17, 15) is 9.90 Å². The first-order valence-electron chi connectivity index (χ1n) is 6.86. The Morgan fingerprint density at radius 1 is 1.23 bits per heavy atom. The molecular weight excluding hydrogens is 298 g/mol. The van der Waals surface area contributed by atoms with Gasteiger partial charge in [-0.3, -0.25) is 4.79 Å². The van der Waals surface area contributed by atoms with Crippen LogP contribution in [0.25, 0.3) is 11.3 Å². The Kier molecular flexibility index (Phi) is 4.37. The van der Waals surface area contributed by atoms with Gasteiger partial charge in [0, 0.05) is 23.1 Å². The zero-order valence-corrected chi connectivity index (χ0v) is 12.5. The molecule has 1 atom stereocenters. The third kappa shape index (κ3) is 3.27. The zero-order chi connectivity index (χ0) is 15.4. The third-order valence-corrected chi connectivity index (χ3v) is 4.02. The fourth-order valence-corrected chi connectivity index (χ4v) is 2.75. The molecule has 2 N–H and O–H groups in total. The molecule has 4 nitrogen and oxygen atoms in total. The topological polar surface area (TPSA) is 62.5 Å². The molecule has 0 fully saturated rings. The van der Waals surface area contributed by atoms with Crippen molar-refractivity contribution in [2.24, 2.45) is 0 Å². The van der Waals surface area contributed by atoms with E-state index < -0.39 is 6.10 Å². The van der Waals surface area contributed by atoms with Crippen LogP contribution in [-0.2, 0) is 0 Å². The van der Waals surface area contributed by atoms with Crippen molar-refractivity contribution in [3.8, 4) is 11.3 Å². The summed E-state index contributed by atoms with van der Waals surface area (Å²) in [5.41, 5.74) is 2.31. The molecule has 0 aliphatic carbocycles. The number of aliphatic hydroxyl groups is 1. The Morgan fingerprint density at radius 3 is 2.68 bits per heavy atom. The normalized spacial score (nSPS) is 12.0. The largest absolute Gasteiger partial charge is 0.464 e. The second-order valence-corrected chi connectivity index (χ2v) is 5.62. The Balaban J connectivity index is 1.60. The average molecular weight is 313 g/mol. The molecule has 3 aromatic rings. The van der Waals surface area contributed by atoms with Gasteiger partial charge < -0.3 is 14.8 Å². The van der Waals surface area contributed by atoms with E-state index in [1.54, 1.807) is 17.7 Å². The number of amides is 1. The van der Waals surface area contributed by atoms with Gasteiger partial charge in [0.1, 0.15) is 5.76 Å². The minimum absolute atomic E-state index is 0.174. The lowest BCUT2D eigenvalue weighted by Crippen LogP contribution is -2.27. The van der Waals surface area contributed by atoms with E-state index in [4.69, 9.17) is 4.42 Å². The summed E-state index contributed by atoms with van der Waals surface area (Å²) in [6.07, 6.45) is 0.881. The van der Waals surface area contributed by atoms with Gasteiger partial charge in [-0.25, -0.2) is 0 Å². The van der Waals surface area contributed by atoms with Crippen molar-refractivity contribution in [2.75, 3.05) is 6.54 Å². The lowest BCUT2D eigenvalue weighted by molar-refractivity contribution is 0.0917. The van der Waals surface area contributed by atoms with Crippen LogP contribution >= 0.6 is 11.3 Å². The molecule has 5 heteroatoms. The second-order valence-electron chi connectivity index (χ2n) is 4.84. The molecule has 0 saturated heterocycles. The molecule has 0 aliphatic rings.